The molecule has 84 valence electrons. The molecule has 1 amide bonds. The molecule has 0 saturated carbocycles. The third-order valence-electron chi connectivity index (χ3n) is 3.95. The standard InChI is InChI=1S/C14H17NO/c1-2-9-8-15-14(16)13-7-11-5-3-4-10(11)6-12(9)13/h6-7,9H,2-5,8H2,1H3,(H,15,16). The summed E-state index contributed by atoms with van der Waals surface area (Å²) in [5.41, 5.74) is 5.09. The van der Waals surface area contributed by atoms with Crippen LogP contribution in [0.4, 0.5) is 0 Å². The van der Waals surface area contributed by atoms with Crippen molar-refractivity contribution < 1.29 is 4.79 Å². The van der Waals surface area contributed by atoms with Crippen molar-refractivity contribution in [3.05, 3.63) is 34.4 Å². The molecule has 0 fully saturated rings. The third kappa shape index (κ3) is 1.36. The van der Waals surface area contributed by atoms with Crippen molar-refractivity contribution in [2.45, 2.75) is 38.5 Å². The Hall–Kier alpha value is -1.31. The monoisotopic (exact) mass is 215 g/mol. The molecule has 3 rings (SSSR count). The van der Waals surface area contributed by atoms with Gasteiger partial charge in [-0.2, -0.15) is 0 Å². The summed E-state index contributed by atoms with van der Waals surface area (Å²) in [6.45, 7) is 3.00. The lowest BCUT2D eigenvalue weighted by atomic mass is 9.86. The molecular formula is C14H17NO. The molecule has 0 bridgehead atoms. The van der Waals surface area contributed by atoms with Gasteiger partial charge in [-0.1, -0.05) is 13.0 Å². The Morgan fingerprint density at radius 2 is 2.06 bits per heavy atom. The van der Waals surface area contributed by atoms with Crippen LogP contribution in [0.15, 0.2) is 12.1 Å². The molecule has 1 aromatic carbocycles. The number of amides is 1. The lowest BCUT2D eigenvalue weighted by molar-refractivity contribution is 0.0939. The highest BCUT2D eigenvalue weighted by molar-refractivity contribution is 5.97. The Labute approximate surface area is 96.1 Å². The first kappa shape index (κ1) is 9.88. The van der Waals surface area contributed by atoms with E-state index in [1.165, 1.54) is 29.5 Å². The van der Waals surface area contributed by atoms with Gasteiger partial charge in [0.25, 0.3) is 5.91 Å². The molecule has 1 aromatic rings. The highest BCUT2D eigenvalue weighted by Gasteiger charge is 2.26. The number of carbonyl (C=O) groups is 1. The van der Waals surface area contributed by atoms with E-state index in [4.69, 9.17) is 0 Å². The molecule has 0 radical (unpaired) electrons. The van der Waals surface area contributed by atoms with Crippen molar-refractivity contribution in [3.63, 3.8) is 0 Å². The van der Waals surface area contributed by atoms with Gasteiger partial charge >= 0.3 is 0 Å². The van der Waals surface area contributed by atoms with E-state index in [0.717, 1.165) is 24.9 Å². The van der Waals surface area contributed by atoms with Crippen LogP contribution in [0.25, 0.3) is 0 Å². The Morgan fingerprint density at radius 3 is 2.81 bits per heavy atom. The van der Waals surface area contributed by atoms with E-state index < -0.39 is 0 Å². The Bertz CT molecular complexity index is 450. The van der Waals surface area contributed by atoms with Crippen molar-refractivity contribution in [2.75, 3.05) is 6.54 Å². The molecule has 0 aromatic heterocycles. The van der Waals surface area contributed by atoms with Crippen molar-refractivity contribution in [1.82, 2.24) is 5.32 Å². The van der Waals surface area contributed by atoms with E-state index in [0.29, 0.717) is 5.92 Å². The molecule has 1 aliphatic carbocycles. The maximum Gasteiger partial charge on any atom is 0.251 e. The first-order valence-electron chi connectivity index (χ1n) is 6.23. The molecule has 0 saturated heterocycles. The molecule has 2 nitrogen and oxygen atoms in total. The predicted octanol–water partition coefficient (Wildman–Crippen LogP) is 2.41. The third-order valence-corrected chi connectivity index (χ3v) is 3.95. The summed E-state index contributed by atoms with van der Waals surface area (Å²) in [7, 11) is 0. The lowest BCUT2D eigenvalue weighted by Crippen LogP contribution is -2.35. The predicted molar refractivity (Wildman–Crippen MR) is 63.8 cm³/mol. The summed E-state index contributed by atoms with van der Waals surface area (Å²) in [4.78, 5) is 11.8. The fraction of sp³-hybridized carbons (Fsp3) is 0.500. The van der Waals surface area contributed by atoms with Gasteiger partial charge in [0, 0.05) is 18.0 Å². The molecule has 2 heteroatoms. The number of fused-ring (bicyclic) bond motifs is 2. The van der Waals surface area contributed by atoms with E-state index in [1.807, 2.05) is 0 Å². The molecule has 0 spiro atoms. The number of benzene rings is 1. The van der Waals surface area contributed by atoms with Crippen LogP contribution in [-0.2, 0) is 12.8 Å². The van der Waals surface area contributed by atoms with Crippen LogP contribution in [-0.4, -0.2) is 12.5 Å². The Kier molecular flexibility index (Phi) is 2.23. The van der Waals surface area contributed by atoms with Crippen molar-refractivity contribution in [2.24, 2.45) is 0 Å². The van der Waals surface area contributed by atoms with Gasteiger partial charge in [0.15, 0.2) is 0 Å². The second kappa shape index (κ2) is 3.62. The van der Waals surface area contributed by atoms with Crippen molar-refractivity contribution in [1.29, 1.82) is 0 Å². The fourth-order valence-electron chi connectivity index (χ4n) is 2.96. The highest BCUT2D eigenvalue weighted by Crippen LogP contribution is 2.32. The topological polar surface area (TPSA) is 29.1 Å². The van der Waals surface area contributed by atoms with Crippen molar-refractivity contribution in [3.8, 4) is 0 Å². The van der Waals surface area contributed by atoms with Crippen LogP contribution in [0.1, 0.15) is 52.7 Å². The Morgan fingerprint density at radius 1 is 1.31 bits per heavy atom. The molecule has 2 aliphatic rings. The summed E-state index contributed by atoms with van der Waals surface area (Å²) < 4.78 is 0. The average Bonchev–Trinajstić information content (AvgIpc) is 2.75. The lowest BCUT2D eigenvalue weighted by Gasteiger charge is -2.25. The minimum atomic E-state index is 0.120. The van der Waals surface area contributed by atoms with E-state index in [-0.39, 0.29) is 5.91 Å². The zero-order valence-corrected chi connectivity index (χ0v) is 9.68. The SMILES string of the molecule is CCC1CNC(=O)c2cc3c(cc21)CCC3. The number of carbonyl (C=O) groups excluding carboxylic acids is 1. The Balaban J connectivity index is 2.15. The summed E-state index contributed by atoms with van der Waals surface area (Å²) in [6.07, 6.45) is 4.69. The zero-order chi connectivity index (χ0) is 11.1. The summed E-state index contributed by atoms with van der Waals surface area (Å²) in [5.74, 6) is 0.632. The first-order chi connectivity index (χ1) is 7.79. The van der Waals surface area contributed by atoms with Gasteiger partial charge in [-0.25, -0.2) is 0 Å². The minimum Gasteiger partial charge on any atom is -0.351 e. The van der Waals surface area contributed by atoms with Gasteiger partial charge < -0.3 is 5.32 Å². The molecule has 1 heterocycles. The zero-order valence-electron chi connectivity index (χ0n) is 9.68. The molecule has 16 heavy (non-hydrogen) atoms. The maximum atomic E-state index is 11.8. The van der Waals surface area contributed by atoms with Gasteiger partial charge in [0.2, 0.25) is 0 Å². The highest BCUT2D eigenvalue weighted by atomic mass is 16.1. The van der Waals surface area contributed by atoms with Crippen LogP contribution in [0.3, 0.4) is 0 Å². The number of rotatable bonds is 1. The van der Waals surface area contributed by atoms with E-state index >= 15 is 0 Å². The summed E-state index contributed by atoms with van der Waals surface area (Å²) >= 11 is 0. The van der Waals surface area contributed by atoms with Gasteiger partial charge in [0.05, 0.1) is 0 Å². The molecule has 1 unspecified atom stereocenters. The summed E-state index contributed by atoms with van der Waals surface area (Å²) in [5, 5.41) is 2.99. The van der Waals surface area contributed by atoms with Crippen LogP contribution in [0.5, 0.6) is 0 Å². The van der Waals surface area contributed by atoms with Crippen molar-refractivity contribution >= 4 is 5.91 Å². The van der Waals surface area contributed by atoms with Crippen LogP contribution >= 0.6 is 0 Å². The quantitative estimate of drug-likeness (QED) is 0.765. The number of hydrogen-bond donors (Lipinski definition) is 1. The molecule has 1 atom stereocenters. The van der Waals surface area contributed by atoms with Gasteiger partial charge in [-0.3, -0.25) is 4.79 Å². The smallest absolute Gasteiger partial charge is 0.251 e. The summed E-state index contributed by atoms with van der Waals surface area (Å²) in [6, 6.07) is 4.43. The first-order valence-corrected chi connectivity index (χ1v) is 6.23. The van der Waals surface area contributed by atoms with E-state index in [9.17, 15) is 4.79 Å². The van der Waals surface area contributed by atoms with Gasteiger partial charge in [-0.05, 0) is 48.4 Å². The number of aryl methyl sites for hydroxylation is 2. The average molecular weight is 215 g/mol. The maximum absolute atomic E-state index is 11.8. The minimum absolute atomic E-state index is 0.120. The molecule has 1 N–H and O–H groups in total. The number of nitrogens with one attached hydrogen (secondary N) is 1. The normalized spacial score (nSPS) is 22.6. The number of hydrogen-bond acceptors (Lipinski definition) is 1. The van der Waals surface area contributed by atoms with Crippen LogP contribution in [0, 0.1) is 0 Å². The largest absolute Gasteiger partial charge is 0.351 e. The van der Waals surface area contributed by atoms with Gasteiger partial charge in [0.1, 0.15) is 0 Å². The second-order valence-electron chi connectivity index (χ2n) is 4.88. The van der Waals surface area contributed by atoms with Crippen LogP contribution < -0.4 is 5.32 Å². The molecular weight excluding hydrogens is 198 g/mol. The molecule has 1 aliphatic heterocycles. The van der Waals surface area contributed by atoms with E-state index in [1.54, 1.807) is 0 Å². The van der Waals surface area contributed by atoms with Crippen LogP contribution in [0.2, 0.25) is 0 Å². The van der Waals surface area contributed by atoms with E-state index in [2.05, 4.69) is 24.4 Å². The van der Waals surface area contributed by atoms with Gasteiger partial charge in [-0.15, -0.1) is 0 Å². The second-order valence-corrected chi connectivity index (χ2v) is 4.88. The fourth-order valence-corrected chi connectivity index (χ4v) is 2.96.